The number of aromatic nitrogens is 2. The first-order valence-corrected chi connectivity index (χ1v) is 7.34. The van der Waals surface area contributed by atoms with Crippen LogP contribution in [-0.4, -0.2) is 30.2 Å². The van der Waals surface area contributed by atoms with E-state index in [4.69, 9.17) is 4.74 Å². The predicted molar refractivity (Wildman–Crippen MR) is 75.1 cm³/mol. The summed E-state index contributed by atoms with van der Waals surface area (Å²) in [7, 11) is 1.69. The summed E-state index contributed by atoms with van der Waals surface area (Å²) >= 11 is 0. The number of hydrogen-bond donors (Lipinski definition) is 0. The zero-order valence-corrected chi connectivity index (χ0v) is 11.9. The summed E-state index contributed by atoms with van der Waals surface area (Å²) in [4.78, 5) is 11.5. The fraction of sp³-hybridized carbons (Fsp3) is 0.733. The predicted octanol–water partition coefficient (Wildman–Crippen LogP) is 2.56. The van der Waals surface area contributed by atoms with Gasteiger partial charge in [0.2, 0.25) is 0 Å². The van der Waals surface area contributed by atoms with Gasteiger partial charge in [-0.2, -0.15) is 0 Å². The van der Waals surface area contributed by atoms with Crippen molar-refractivity contribution in [2.75, 3.05) is 25.1 Å². The Kier molecular flexibility index (Phi) is 3.69. The summed E-state index contributed by atoms with van der Waals surface area (Å²) in [6, 6.07) is 2.11. The van der Waals surface area contributed by atoms with Crippen LogP contribution in [0.3, 0.4) is 0 Å². The van der Waals surface area contributed by atoms with Crippen molar-refractivity contribution < 1.29 is 4.74 Å². The second-order valence-electron chi connectivity index (χ2n) is 5.93. The zero-order chi connectivity index (χ0) is 13.2. The average Bonchev–Trinajstić information content (AvgIpc) is 2.82. The molecule has 2 heterocycles. The number of fused-ring (bicyclic) bond motifs is 1. The van der Waals surface area contributed by atoms with Gasteiger partial charge in [-0.15, -0.1) is 0 Å². The summed E-state index contributed by atoms with van der Waals surface area (Å²) in [6.07, 6.45) is 5.62. The topological polar surface area (TPSA) is 38.2 Å². The van der Waals surface area contributed by atoms with Gasteiger partial charge < -0.3 is 9.64 Å². The van der Waals surface area contributed by atoms with Gasteiger partial charge in [0.05, 0.1) is 0 Å². The molecule has 1 saturated carbocycles. The maximum Gasteiger partial charge on any atom is 0.156 e. The Morgan fingerprint density at radius 3 is 2.53 bits per heavy atom. The Bertz CT molecular complexity index is 435. The molecular formula is C15H23N3O. The van der Waals surface area contributed by atoms with Gasteiger partial charge in [0, 0.05) is 32.0 Å². The molecule has 0 bridgehead atoms. The van der Waals surface area contributed by atoms with E-state index in [0.29, 0.717) is 6.61 Å². The number of aryl methyl sites for hydroxylation is 1. The van der Waals surface area contributed by atoms with Crippen molar-refractivity contribution >= 4 is 5.82 Å². The van der Waals surface area contributed by atoms with Crippen LogP contribution in [0.4, 0.5) is 5.82 Å². The highest BCUT2D eigenvalue weighted by Gasteiger charge is 2.34. The standard InChI is InChI=1S/C15H23N3O/c1-11-7-15(17-14(16-11)10-19-2)18-8-12-5-3-4-6-13(12)9-18/h7,12-13H,3-6,8-10H2,1-2H3. The van der Waals surface area contributed by atoms with Crippen molar-refractivity contribution in [1.82, 2.24) is 9.97 Å². The number of nitrogens with zero attached hydrogens (tertiary/aromatic N) is 3. The Morgan fingerprint density at radius 1 is 1.21 bits per heavy atom. The highest BCUT2D eigenvalue weighted by Crippen LogP contribution is 2.37. The first-order chi connectivity index (χ1) is 9.26. The molecule has 1 saturated heterocycles. The highest BCUT2D eigenvalue weighted by atomic mass is 16.5. The SMILES string of the molecule is COCc1nc(C)cc(N2CC3CCCCC3C2)n1. The molecule has 0 spiro atoms. The molecule has 4 heteroatoms. The third-order valence-corrected chi connectivity index (χ3v) is 4.46. The summed E-state index contributed by atoms with van der Waals surface area (Å²) in [5.41, 5.74) is 1.03. The normalized spacial score (nSPS) is 26.5. The van der Waals surface area contributed by atoms with Gasteiger partial charge in [0.1, 0.15) is 12.4 Å². The molecule has 0 aromatic carbocycles. The van der Waals surface area contributed by atoms with Gasteiger partial charge in [0.25, 0.3) is 0 Å². The van der Waals surface area contributed by atoms with Gasteiger partial charge in [-0.25, -0.2) is 9.97 Å². The van der Waals surface area contributed by atoms with Gasteiger partial charge in [-0.3, -0.25) is 0 Å². The third-order valence-electron chi connectivity index (χ3n) is 4.46. The maximum absolute atomic E-state index is 5.15. The number of ether oxygens (including phenoxy) is 1. The van der Waals surface area contributed by atoms with Crippen LogP contribution in [0, 0.1) is 18.8 Å². The van der Waals surface area contributed by atoms with Crippen molar-refractivity contribution in [2.24, 2.45) is 11.8 Å². The molecule has 0 amide bonds. The molecule has 104 valence electrons. The lowest BCUT2D eigenvalue weighted by atomic mass is 9.82. The van der Waals surface area contributed by atoms with E-state index in [-0.39, 0.29) is 0 Å². The molecule has 2 aliphatic rings. The van der Waals surface area contributed by atoms with E-state index in [1.54, 1.807) is 7.11 Å². The molecule has 1 aromatic rings. The van der Waals surface area contributed by atoms with Gasteiger partial charge in [-0.1, -0.05) is 12.8 Å². The largest absolute Gasteiger partial charge is 0.377 e. The summed E-state index contributed by atoms with van der Waals surface area (Å²) in [5, 5.41) is 0. The van der Waals surface area contributed by atoms with Crippen molar-refractivity contribution in [3.8, 4) is 0 Å². The molecule has 2 unspecified atom stereocenters. The molecule has 3 rings (SSSR count). The molecule has 2 fully saturated rings. The Morgan fingerprint density at radius 2 is 1.89 bits per heavy atom. The Hall–Kier alpha value is -1.16. The third kappa shape index (κ3) is 2.73. The van der Waals surface area contributed by atoms with Crippen LogP contribution in [0.2, 0.25) is 0 Å². The number of anilines is 1. The van der Waals surface area contributed by atoms with Crippen LogP contribution in [0.25, 0.3) is 0 Å². The van der Waals surface area contributed by atoms with Crippen LogP contribution in [0.15, 0.2) is 6.07 Å². The lowest BCUT2D eigenvalue weighted by Crippen LogP contribution is -2.22. The number of hydrogen-bond acceptors (Lipinski definition) is 4. The zero-order valence-electron chi connectivity index (χ0n) is 11.9. The van der Waals surface area contributed by atoms with E-state index in [2.05, 4.69) is 20.9 Å². The van der Waals surface area contributed by atoms with Gasteiger partial charge in [-0.05, 0) is 31.6 Å². The quantitative estimate of drug-likeness (QED) is 0.838. The molecule has 4 nitrogen and oxygen atoms in total. The van der Waals surface area contributed by atoms with E-state index in [1.165, 1.54) is 38.8 Å². The van der Waals surface area contributed by atoms with E-state index in [1.807, 2.05) is 6.92 Å². The highest BCUT2D eigenvalue weighted by molar-refractivity contribution is 5.41. The minimum absolute atomic E-state index is 0.495. The summed E-state index contributed by atoms with van der Waals surface area (Å²) in [5.74, 6) is 3.66. The number of methoxy groups -OCH3 is 1. The fourth-order valence-electron chi connectivity index (χ4n) is 3.56. The second-order valence-corrected chi connectivity index (χ2v) is 5.93. The van der Waals surface area contributed by atoms with E-state index < -0.39 is 0 Å². The van der Waals surface area contributed by atoms with Crippen molar-refractivity contribution in [1.29, 1.82) is 0 Å². The molecule has 1 aliphatic heterocycles. The number of rotatable bonds is 3. The van der Waals surface area contributed by atoms with Crippen LogP contribution >= 0.6 is 0 Å². The molecule has 2 atom stereocenters. The van der Waals surface area contributed by atoms with E-state index >= 15 is 0 Å². The van der Waals surface area contributed by atoms with Crippen LogP contribution in [-0.2, 0) is 11.3 Å². The molecule has 0 radical (unpaired) electrons. The second kappa shape index (κ2) is 5.45. The fourth-order valence-corrected chi connectivity index (χ4v) is 3.56. The van der Waals surface area contributed by atoms with Crippen LogP contribution in [0.1, 0.15) is 37.2 Å². The maximum atomic E-state index is 5.15. The van der Waals surface area contributed by atoms with Crippen molar-refractivity contribution in [3.63, 3.8) is 0 Å². The summed E-state index contributed by atoms with van der Waals surface area (Å²) in [6.45, 7) is 4.88. The first kappa shape index (κ1) is 12.9. The smallest absolute Gasteiger partial charge is 0.156 e. The lowest BCUT2D eigenvalue weighted by Gasteiger charge is -2.22. The first-order valence-electron chi connectivity index (χ1n) is 7.34. The van der Waals surface area contributed by atoms with Crippen LogP contribution < -0.4 is 4.90 Å². The molecular weight excluding hydrogens is 238 g/mol. The minimum Gasteiger partial charge on any atom is -0.377 e. The van der Waals surface area contributed by atoms with Gasteiger partial charge >= 0.3 is 0 Å². The van der Waals surface area contributed by atoms with Crippen molar-refractivity contribution in [3.05, 3.63) is 17.6 Å². The Labute approximate surface area is 115 Å². The molecule has 0 N–H and O–H groups in total. The summed E-state index contributed by atoms with van der Waals surface area (Å²) < 4.78 is 5.15. The molecule has 1 aromatic heterocycles. The van der Waals surface area contributed by atoms with E-state index in [0.717, 1.165) is 29.2 Å². The Balaban J connectivity index is 1.78. The molecule has 19 heavy (non-hydrogen) atoms. The van der Waals surface area contributed by atoms with Crippen molar-refractivity contribution in [2.45, 2.75) is 39.2 Å². The average molecular weight is 261 g/mol. The minimum atomic E-state index is 0.495. The van der Waals surface area contributed by atoms with Crippen LogP contribution in [0.5, 0.6) is 0 Å². The van der Waals surface area contributed by atoms with E-state index in [9.17, 15) is 0 Å². The van der Waals surface area contributed by atoms with Gasteiger partial charge in [0.15, 0.2) is 5.82 Å². The lowest BCUT2D eigenvalue weighted by molar-refractivity contribution is 0.177. The monoisotopic (exact) mass is 261 g/mol. The molecule has 1 aliphatic carbocycles.